The first-order valence-electron chi connectivity index (χ1n) is 12.2. The van der Waals surface area contributed by atoms with Gasteiger partial charge >= 0.3 is 7.25 Å². The van der Waals surface area contributed by atoms with Crippen molar-refractivity contribution < 1.29 is 36.7 Å². The van der Waals surface area contributed by atoms with Gasteiger partial charge in [0.1, 0.15) is 0 Å². The first kappa shape index (κ1) is 39.1. The minimum atomic E-state index is -6.00. The molecular formula is C32H40BF4PRh-4. The third kappa shape index (κ3) is 17.3. The summed E-state index contributed by atoms with van der Waals surface area (Å²) in [7, 11) is -3.13. The average Bonchev–Trinajstić information content (AvgIpc) is 3.13. The van der Waals surface area contributed by atoms with E-state index in [4.69, 9.17) is 0 Å². The van der Waals surface area contributed by atoms with Crippen LogP contribution in [0.3, 0.4) is 0 Å². The summed E-state index contributed by atoms with van der Waals surface area (Å²) in [5.74, 6) is 0.483. The number of hydrogen-bond acceptors (Lipinski definition) is 0. The molecule has 0 heterocycles. The van der Waals surface area contributed by atoms with Crippen molar-refractivity contribution in [3.05, 3.63) is 142 Å². The second-order valence-electron chi connectivity index (χ2n) is 8.50. The molecule has 0 spiro atoms. The van der Waals surface area contributed by atoms with Crippen LogP contribution in [0, 0.1) is 21.8 Å². The molecule has 3 atom stereocenters. The number of halogens is 4. The Balaban J connectivity index is 0. The Hall–Kier alpha value is -2.02. The van der Waals surface area contributed by atoms with Gasteiger partial charge in [0.25, 0.3) is 0 Å². The monoisotopic (exact) mass is 645 g/mol. The molecule has 7 heteroatoms. The maximum Gasteiger partial charge on any atom is 0.673 e. The van der Waals surface area contributed by atoms with Gasteiger partial charge in [0.15, 0.2) is 0 Å². The number of rotatable bonds is 1. The van der Waals surface area contributed by atoms with E-state index in [0.717, 1.165) is 0 Å². The van der Waals surface area contributed by atoms with Crippen LogP contribution >= 0.6 is 9.24 Å². The summed E-state index contributed by atoms with van der Waals surface area (Å²) in [5.41, 5.74) is 6.11. The van der Waals surface area contributed by atoms with Gasteiger partial charge in [-0.25, -0.2) is 0 Å². The van der Waals surface area contributed by atoms with Crippen molar-refractivity contribution in [2.45, 2.75) is 43.7 Å². The summed E-state index contributed by atoms with van der Waals surface area (Å²) in [6.07, 6.45) is 15.2. The first-order valence-corrected chi connectivity index (χ1v) is 12.9. The molecule has 1 unspecified atom stereocenters. The van der Waals surface area contributed by atoms with Crippen molar-refractivity contribution in [1.29, 1.82) is 0 Å². The number of fused-ring (bicyclic) bond motifs is 1. The van der Waals surface area contributed by atoms with E-state index in [1.54, 1.807) is 0 Å². The maximum absolute atomic E-state index is 9.75. The van der Waals surface area contributed by atoms with Crippen LogP contribution in [0.15, 0.2) is 109 Å². The summed E-state index contributed by atoms with van der Waals surface area (Å²) in [4.78, 5) is 0. The predicted molar refractivity (Wildman–Crippen MR) is 163 cm³/mol. The molecule has 3 aromatic rings. The number of hydrogen-bond donors (Lipinski definition) is 0. The number of benzene rings is 3. The zero-order chi connectivity index (χ0) is 26.2. The maximum atomic E-state index is 9.75. The Morgan fingerprint density at radius 1 is 0.615 bits per heavy atom. The van der Waals surface area contributed by atoms with Gasteiger partial charge in [0.2, 0.25) is 0 Å². The predicted octanol–water partition coefficient (Wildman–Crippen LogP) is 10.6. The molecule has 1 radical (unpaired) electrons. The van der Waals surface area contributed by atoms with Gasteiger partial charge in [0.05, 0.1) is 0 Å². The molecule has 0 bridgehead atoms. The van der Waals surface area contributed by atoms with Gasteiger partial charge < -0.3 is 39.0 Å². The SMILES string of the molecule is C1=CCC/C=C\CC1.F[B-](F)(F)F.[CH2-][C@H]1c2ccccc2C[C@@H]1P.[CH3-].[CH3-].[Rh].c1ccc(-c2ccccc2)cc1. The summed E-state index contributed by atoms with van der Waals surface area (Å²) in [5, 5.41) is 0. The Labute approximate surface area is 249 Å². The van der Waals surface area contributed by atoms with Gasteiger partial charge in [-0.05, 0) is 54.5 Å². The van der Waals surface area contributed by atoms with Crippen LogP contribution in [-0.4, -0.2) is 12.9 Å². The topological polar surface area (TPSA) is 0 Å². The normalized spacial score (nSPS) is 17.5. The smallest absolute Gasteiger partial charge is 0.418 e. The van der Waals surface area contributed by atoms with Crippen LogP contribution in [0.1, 0.15) is 42.7 Å². The van der Waals surface area contributed by atoms with E-state index in [0.29, 0.717) is 11.6 Å². The Morgan fingerprint density at radius 2 is 0.949 bits per heavy atom. The van der Waals surface area contributed by atoms with Gasteiger partial charge in [-0.2, -0.15) is 0 Å². The minimum absolute atomic E-state index is 0. The van der Waals surface area contributed by atoms with Crippen LogP contribution < -0.4 is 0 Å². The van der Waals surface area contributed by atoms with Crippen LogP contribution in [0.25, 0.3) is 11.1 Å². The van der Waals surface area contributed by atoms with Gasteiger partial charge in [-0.3, -0.25) is 0 Å². The van der Waals surface area contributed by atoms with E-state index < -0.39 is 7.25 Å². The molecule has 0 saturated carbocycles. The number of allylic oxidation sites excluding steroid dienone is 4. The van der Waals surface area contributed by atoms with E-state index >= 15 is 0 Å². The Morgan fingerprint density at radius 3 is 1.31 bits per heavy atom. The van der Waals surface area contributed by atoms with Crippen molar-refractivity contribution in [3.8, 4) is 11.1 Å². The van der Waals surface area contributed by atoms with Crippen LogP contribution in [0.2, 0.25) is 0 Å². The molecule has 39 heavy (non-hydrogen) atoms. The molecule has 0 N–H and O–H groups in total. The van der Waals surface area contributed by atoms with Gasteiger partial charge in [-0.1, -0.05) is 115 Å². The van der Waals surface area contributed by atoms with Crippen LogP contribution in [-0.2, 0) is 25.9 Å². The molecule has 2 aliphatic rings. The zero-order valence-corrected chi connectivity index (χ0v) is 25.6. The van der Waals surface area contributed by atoms with Crippen molar-refractivity contribution in [3.63, 3.8) is 0 Å². The molecular weight excluding hydrogens is 605 g/mol. The van der Waals surface area contributed by atoms with Crippen LogP contribution in [0.5, 0.6) is 0 Å². The fraction of sp³-hybridized carbons (Fsp3) is 0.219. The molecule has 0 nitrogen and oxygen atoms in total. The Bertz CT molecular complexity index is 987. The van der Waals surface area contributed by atoms with E-state index in [9.17, 15) is 17.3 Å². The van der Waals surface area contributed by atoms with E-state index in [1.807, 2.05) is 12.1 Å². The molecule has 0 amide bonds. The van der Waals surface area contributed by atoms with Gasteiger partial charge in [-0.15, -0.1) is 15.2 Å². The molecule has 217 valence electrons. The zero-order valence-electron chi connectivity index (χ0n) is 22.8. The minimum Gasteiger partial charge on any atom is -0.418 e. The largest absolute Gasteiger partial charge is 0.673 e. The van der Waals surface area contributed by atoms with Crippen LogP contribution in [0.4, 0.5) is 17.3 Å². The molecule has 5 rings (SSSR count). The molecule has 3 aromatic carbocycles. The fourth-order valence-corrected chi connectivity index (χ4v) is 4.29. The van der Waals surface area contributed by atoms with Crippen molar-refractivity contribution in [2.75, 3.05) is 0 Å². The molecule has 0 aliphatic heterocycles. The third-order valence-corrected chi connectivity index (χ3v) is 6.34. The van der Waals surface area contributed by atoms with Gasteiger partial charge in [0, 0.05) is 19.5 Å². The van der Waals surface area contributed by atoms with Crippen molar-refractivity contribution >= 4 is 16.5 Å². The quantitative estimate of drug-likeness (QED) is 0.0813. The summed E-state index contributed by atoms with van der Waals surface area (Å²) >= 11 is 0. The summed E-state index contributed by atoms with van der Waals surface area (Å²) in [6.45, 7) is 4.14. The molecule has 0 fully saturated rings. The second kappa shape index (κ2) is 21.8. The molecule has 0 saturated heterocycles. The fourth-order valence-electron chi connectivity index (χ4n) is 3.83. The first-order chi connectivity index (χ1) is 17.3. The average molecular weight is 645 g/mol. The van der Waals surface area contributed by atoms with E-state index in [1.165, 1.54) is 54.4 Å². The second-order valence-corrected chi connectivity index (χ2v) is 9.35. The van der Waals surface area contributed by atoms with Crippen molar-refractivity contribution in [2.24, 2.45) is 0 Å². The summed E-state index contributed by atoms with van der Waals surface area (Å²) in [6, 6.07) is 29.4. The van der Waals surface area contributed by atoms with Crippen molar-refractivity contribution in [1.82, 2.24) is 0 Å². The Kier molecular flexibility index (Phi) is 21.8. The third-order valence-electron chi connectivity index (χ3n) is 5.64. The molecule has 2 aliphatic carbocycles. The van der Waals surface area contributed by atoms with E-state index in [-0.39, 0.29) is 34.3 Å². The summed E-state index contributed by atoms with van der Waals surface area (Å²) < 4.78 is 39.0. The standard InChI is InChI=1S/C12H10.C10H12P.C8H12.2CH3.BF4.Rh/c1-3-7-11(8-4-1)12-9-5-2-6-10-12;1-7-9-5-3-2-4-8(9)6-10(7)11;1-2-4-6-8-7-5-3-1;;;2-1(3,4)5;/h1-10H;2-5,7,10H,1,6,11H2;1-2,7-8H,3-6H2;2*1H3;;/q;-1;;3*-1;/b;;2-1-,8-7?;;;;/t;7-,10-;;;;;/m.0...../s1. The van der Waals surface area contributed by atoms with E-state index in [2.05, 4.69) is 113 Å². The molecule has 0 aromatic heterocycles.